The number of carbonyl (C=O) groups is 1. The van der Waals surface area contributed by atoms with Crippen molar-refractivity contribution in [1.82, 2.24) is 0 Å². The van der Waals surface area contributed by atoms with Crippen LogP contribution in [0.4, 0.5) is 5.69 Å². The van der Waals surface area contributed by atoms with Crippen molar-refractivity contribution in [2.24, 2.45) is 0 Å². The fourth-order valence-corrected chi connectivity index (χ4v) is 1.37. The van der Waals surface area contributed by atoms with E-state index >= 15 is 0 Å². The summed E-state index contributed by atoms with van der Waals surface area (Å²) >= 11 is 5.92. The SMILES string of the molecule is Cc1cccc(Cl)c1NC(C)C(=O)O. The third-order valence-corrected chi connectivity index (χ3v) is 2.27. The number of hydrogen-bond donors (Lipinski definition) is 2. The third kappa shape index (κ3) is 2.39. The van der Waals surface area contributed by atoms with Crippen LogP contribution in [0.1, 0.15) is 12.5 Å². The van der Waals surface area contributed by atoms with Gasteiger partial charge in [-0.2, -0.15) is 0 Å². The standard InChI is InChI=1S/C10H12ClNO2/c1-6-4-3-5-8(11)9(6)12-7(2)10(13)14/h3-5,7,12H,1-2H3,(H,13,14). The Balaban J connectivity index is 2.91. The van der Waals surface area contributed by atoms with Gasteiger partial charge in [-0.1, -0.05) is 23.7 Å². The van der Waals surface area contributed by atoms with Crippen molar-refractivity contribution in [3.8, 4) is 0 Å². The number of aliphatic carboxylic acids is 1. The quantitative estimate of drug-likeness (QED) is 0.811. The van der Waals surface area contributed by atoms with Crippen molar-refractivity contribution in [2.75, 3.05) is 5.32 Å². The molecular formula is C10H12ClNO2. The molecule has 0 fully saturated rings. The number of rotatable bonds is 3. The maximum Gasteiger partial charge on any atom is 0.325 e. The maximum atomic E-state index is 10.6. The predicted molar refractivity (Wildman–Crippen MR) is 56.9 cm³/mol. The highest BCUT2D eigenvalue weighted by molar-refractivity contribution is 6.33. The van der Waals surface area contributed by atoms with E-state index in [1.54, 1.807) is 13.0 Å². The molecule has 1 aromatic rings. The van der Waals surface area contributed by atoms with E-state index in [0.29, 0.717) is 10.7 Å². The van der Waals surface area contributed by atoms with Gasteiger partial charge in [-0.3, -0.25) is 4.79 Å². The molecule has 3 nitrogen and oxygen atoms in total. The van der Waals surface area contributed by atoms with Gasteiger partial charge in [0.15, 0.2) is 0 Å². The minimum Gasteiger partial charge on any atom is -0.480 e. The monoisotopic (exact) mass is 213 g/mol. The molecule has 0 aromatic heterocycles. The zero-order valence-electron chi connectivity index (χ0n) is 8.04. The molecule has 0 aliphatic carbocycles. The number of nitrogens with one attached hydrogen (secondary N) is 1. The Morgan fingerprint density at radius 2 is 2.21 bits per heavy atom. The minimum atomic E-state index is -0.899. The van der Waals surface area contributed by atoms with Crippen LogP contribution >= 0.6 is 11.6 Å². The highest BCUT2D eigenvalue weighted by atomic mass is 35.5. The molecule has 1 atom stereocenters. The van der Waals surface area contributed by atoms with Crippen LogP contribution in [0.2, 0.25) is 5.02 Å². The number of carboxylic acids is 1. The van der Waals surface area contributed by atoms with Crippen molar-refractivity contribution in [3.63, 3.8) is 0 Å². The van der Waals surface area contributed by atoms with Gasteiger partial charge in [0.05, 0.1) is 10.7 Å². The van der Waals surface area contributed by atoms with Crippen molar-refractivity contribution >= 4 is 23.3 Å². The van der Waals surface area contributed by atoms with Gasteiger partial charge >= 0.3 is 5.97 Å². The highest BCUT2D eigenvalue weighted by Crippen LogP contribution is 2.25. The molecular weight excluding hydrogens is 202 g/mol. The number of carboxylic acid groups (broad SMARTS) is 1. The van der Waals surface area contributed by atoms with E-state index in [0.717, 1.165) is 5.56 Å². The second-order valence-electron chi connectivity index (χ2n) is 3.14. The molecule has 0 radical (unpaired) electrons. The van der Waals surface area contributed by atoms with E-state index in [9.17, 15) is 4.79 Å². The summed E-state index contributed by atoms with van der Waals surface area (Å²) in [7, 11) is 0. The maximum absolute atomic E-state index is 10.6. The summed E-state index contributed by atoms with van der Waals surface area (Å²) in [5.41, 5.74) is 1.62. The first-order valence-electron chi connectivity index (χ1n) is 4.27. The summed E-state index contributed by atoms with van der Waals surface area (Å²) in [5.74, 6) is -0.899. The van der Waals surface area contributed by atoms with Gasteiger partial charge in [0, 0.05) is 0 Å². The van der Waals surface area contributed by atoms with Gasteiger partial charge in [0.25, 0.3) is 0 Å². The van der Waals surface area contributed by atoms with E-state index in [-0.39, 0.29) is 0 Å². The van der Waals surface area contributed by atoms with Crippen molar-refractivity contribution < 1.29 is 9.90 Å². The summed E-state index contributed by atoms with van der Waals surface area (Å²) in [4.78, 5) is 10.6. The second kappa shape index (κ2) is 4.33. The molecule has 2 N–H and O–H groups in total. The molecule has 4 heteroatoms. The van der Waals surface area contributed by atoms with Crippen LogP contribution in [0.15, 0.2) is 18.2 Å². The van der Waals surface area contributed by atoms with Gasteiger partial charge in [-0.05, 0) is 25.5 Å². The van der Waals surface area contributed by atoms with E-state index in [4.69, 9.17) is 16.7 Å². The topological polar surface area (TPSA) is 49.3 Å². The van der Waals surface area contributed by atoms with Crippen molar-refractivity contribution in [1.29, 1.82) is 0 Å². The van der Waals surface area contributed by atoms with E-state index in [1.807, 2.05) is 19.1 Å². The average molecular weight is 214 g/mol. The molecule has 1 aromatic carbocycles. The summed E-state index contributed by atoms with van der Waals surface area (Å²) in [6.07, 6.45) is 0. The van der Waals surface area contributed by atoms with Gasteiger partial charge in [0.1, 0.15) is 6.04 Å². The summed E-state index contributed by atoms with van der Waals surface area (Å²) in [6.45, 7) is 3.45. The van der Waals surface area contributed by atoms with Crippen LogP contribution in [-0.2, 0) is 4.79 Å². The first-order chi connectivity index (χ1) is 6.52. The predicted octanol–water partition coefficient (Wildman–Crippen LogP) is 2.53. The number of aryl methyl sites for hydroxylation is 1. The Kier molecular flexibility index (Phi) is 3.36. The zero-order chi connectivity index (χ0) is 10.7. The van der Waals surface area contributed by atoms with Crippen molar-refractivity contribution in [3.05, 3.63) is 28.8 Å². The highest BCUT2D eigenvalue weighted by Gasteiger charge is 2.12. The van der Waals surface area contributed by atoms with E-state index in [1.165, 1.54) is 0 Å². The fourth-order valence-electron chi connectivity index (χ4n) is 1.09. The number of benzene rings is 1. The first kappa shape index (κ1) is 10.9. The molecule has 1 unspecified atom stereocenters. The van der Waals surface area contributed by atoms with Crippen LogP contribution in [0.5, 0.6) is 0 Å². The molecule has 14 heavy (non-hydrogen) atoms. The van der Waals surface area contributed by atoms with E-state index in [2.05, 4.69) is 5.32 Å². The molecule has 0 spiro atoms. The smallest absolute Gasteiger partial charge is 0.325 e. The lowest BCUT2D eigenvalue weighted by molar-refractivity contribution is -0.137. The van der Waals surface area contributed by atoms with Gasteiger partial charge < -0.3 is 10.4 Å². The number of para-hydroxylation sites is 1. The second-order valence-corrected chi connectivity index (χ2v) is 3.54. The van der Waals surface area contributed by atoms with Crippen LogP contribution in [-0.4, -0.2) is 17.1 Å². The fraction of sp³-hybridized carbons (Fsp3) is 0.300. The third-order valence-electron chi connectivity index (χ3n) is 1.95. The largest absolute Gasteiger partial charge is 0.480 e. The Morgan fingerprint density at radius 3 is 2.71 bits per heavy atom. The molecule has 0 saturated carbocycles. The van der Waals surface area contributed by atoms with Gasteiger partial charge in [-0.25, -0.2) is 0 Å². The molecule has 1 rings (SSSR count). The van der Waals surface area contributed by atoms with Crippen LogP contribution in [0, 0.1) is 6.92 Å². The van der Waals surface area contributed by atoms with Crippen LogP contribution in [0.25, 0.3) is 0 Å². The lowest BCUT2D eigenvalue weighted by Gasteiger charge is -2.14. The summed E-state index contributed by atoms with van der Waals surface area (Å²) in [6, 6.07) is 4.79. The molecule has 0 saturated heterocycles. The van der Waals surface area contributed by atoms with Gasteiger partial charge in [0.2, 0.25) is 0 Å². The van der Waals surface area contributed by atoms with E-state index < -0.39 is 12.0 Å². The molecule has 0 heterocycles. The normalized spacial score (nSPS) is 12.2. The molecule has 0 aliphatic rings. The van der Waals surface area contributed by atoms with Crippen molar-refractivity contribution in [2.45, 2.75) is 19.9 Å². The molecule has 0 amide bonds. The number of hydrogen-bond acceptors (Lipinski definition) is 2. The Hall–Kier alpha value is -1.22. The van der Waals surface area contributed by atoms with Crippen LogP contribution < -0.4 is 5.32 Å². The Morgan fingerprint density at radius 1 is 1.57 bits per heavy atom. The van der Waals surface area contributed by atoms with Gasteiger partial charge in [-0.15, -0.1) is 0 Å². The average Bonchev–Trinajstić information content (AvgIpc) is 2.11. The Labute approximate surface area is 87.7 Å². The minimum absolute atomic E-state index is 0.540. The molecule has 76 valence electrons. The summed E-state index contributed by atoms with van der Waals surface area (Å²) < 4.78 is 0. The van der Waals surface area contributed by atoms with Crippen LogP contribution in [0.3, 0.4) is 0 Å². The first-order valence-corrected chi connectivity index (χ1v) is 4.64. The Bertz CT molecular complexity index is 332. The lowest BCUT2D eigenvalue weighted by Crippen LogP contribution is -2.25. The lowest BCUT2D eigenvalue weighted by atomic mass is 10.2. The summed E-state index contributed by atoms with van der Waals surface area (Å²) in [5, 5.41) is 12.1. The molecule has 0 bridgehead atoms. The number of halogens is 1. The number of anilines is 1. The zero-order valence-corrected chi connectivity index (χ0v) is 8.80. The molecule has 0 aliphatic heterocycles.